The molecule has 0 aromatic heterocycles. The van der Waals surface area contributed by atoms with Crippen molar-refractivity contribution in [3.8, 4) is 23.0 Å². The number of anilines is 1. The molecule has 2 N–H and O–H groups in total. The third-order valence-electron chi connectivity index (χ3n) is 3.56. The van der Waals surface area contributed by atoms with E-state index in [1.807, 2.05) is 0 Å². The van der Waals surface area contributed by atoms with E-state index in [1.54, 1.807) is 0 Å². The summed E-state index contributed by atoms with van der Waals surface area (Å²) in [5.41, 5.74) is 0.506. The molecule has 28 heavy (non-hydrogen) atoms. The van der Waals surface area contributed by atoms with Crippen molar-refractivity contribution >= 4 is 11.7 Å². The number of nitrogens with one attached hydrogen (secondary N) is 2. The minimum absolute atomic E-state index is 0.167. The lowest BCUT2D eigenvalue weighted by Gasteiger charge is -2.16. The van der Waals surface area contributed by atoms with Gasteiger partial charge in [0.1, 0.15) is 5.75 Å². The highest BCUT2D eigenvalue weighted by atomic mass is 19.4. The zero-order chi connectivity index (χ0) is 20.7. The molecule has 2 amide bonds. The number of urea groups is 1. The molecule has 7 nitrogen and oxygen atoms in total. The van der Waals surface area contributed by atoms with E-state index in [9.17, 15) is 18.0 Å². The molecule has 0 atom stereocenters. The zero-order valence-electron chi connectivity index (χ0n) is 15.3. The van der Waals surface area contributed by atoms with Crippen LogP contribution < -0.4 is 29.6 Å². The molecule has 2 aromatic carbocycles. The second kappa shape index (κ2) is 9.07. The van der Waals surface area contributed by atoms with Crippen molar-refractivity contribution in [2.75, 3.05) is 26.6 Å². The van der Waals surface area contributed by atoms with Gasteiger partial charge in [0.05, 0.1) is 27.0 Å². The lowest BCUT2D eigenvalue weighted by atomic mass is 10.2. The molecule has 152 valence electrons. The predicted octanol–water partition coefficient (Wildman–Crippen LogP) is 3.93. The Hall–Kier alpha value is -3.30. The summed E-state index contributed by atoms with van der Waals surface area (Å²) >= 11 is 0. The molecule has 0 aliphatic carbocycles. The standard InChI is InChI=1S/C18H19F3N2O5/c1-25-14-8-12(9-15(26-2)16(14)27-3)23-17(24)22-10-11-6-4-5-7-13(11)28-18(19,20)21/h4-9H,10H2,1-3H3,(H2,22,23,24). The van der Waals surface area contributed by atoms with Crippen molar-refractivity contribution in [3.63, 3.8) is 0 Å². The maximum atomic E-state index is 12.5. The Balaban J connectivity index is 2.08. The number of hydrogen-bond acceptors (Lipinski definition) is 5. The van der Waals surface area contributed by atoms with Crippen molar-refractivity contribution < 1.29 is 36.9 Å². The number of para-hydroxylation sites is 1. The van der Waals surface area contributed by atoms with Gasteiger partial charge in [0.2, 0.25) is 5.75 Å². The SMILES string of the molecule is COc1cc(NC(=O)NCc2ccccc2OC(F)(F)F)cc(OC)c1OC. The van der Waals surface area contributed by atoms with Crippen molar-refractivity contribution in [2.24, 2.45) is 0 Å². The van der Waals surface area contributed by atoms with Crippen LogP contribution in [-0.4, -0.2) is 33.7 Å². The fourth-order valence-electron chi connectivity index (χ4n) is 2.38. The second-order valence-corrected chi connectivity index (χ2v) is 5.38. The number of benzene rings is 2. The molecular weight excluding hydrogens is 381 g/mol. The third-order valence-corrected chi connectivity index (χ3v) is 3.56. The van der Waals surface area contributed by atoms with Gasteiger partial charge >= 0.3 is 12.4 Å². The average molecular weight is 400 g/mol. The molecule has 0 saturated carbocycles. The molecule has 0 spiro atoms. The molecular formula is C18H19F3N2O5. The monoisotopic (exact) mass is 400 g/mol. The summed E-state index contributed by atoms with van der Waals surface area (Å²) in [7, 11) is 4.30. The van der Waals surface area contributed by atoms with Gasteiger partial charge in [-0.15, -0.1) is 13.2 Å². The Morgan fingerprint density at radius 3 is 2.11 bits per heavy atom. The van der Waals surface area contributed by atoms with Gasteiger partial charge in [-0.3, -0.25) is 0 Å². The Kier molecular flexibility index (Phi) is 6.80. The number of carbonyl (C=O) groups is 1. The fraction of sp³-hybridized carbons (Fsp3) is 0.278. The van der Waals surface area contributed by atoms with Crippen LogP contribution in [0.4, 0.5) is 23.7 Å². The van der Waals surface area contributed by atoms with Gasteiger partial charge in [0.15, 0.2) is 11.5 Å². The first kappa shape index (κ1) is 21.0. The summed E-state index contributed by atoms with van der Waals surface area (Å²) in [6, 6.07) is 7.92. The number of ether oxygens (including phenoxy) is 4. The Morgan fingerprint density at radius 1 is 0.964 bits per heavy atom. The normalized spacial score (nSPS) is 10.8. The molecule has 2 rings (SSSR count). The molecule has 0 heterocycles. The number of hydrogen-bond donors (Lipinski definition) is 2. The van der Waals surface area contributed by atoms with Gasteiger partial charge in [0, 0.05) is 24.2 Å². The minimum Gasteiger partial charge on any atom is -0.493 e. The van der Waals surface area contributed by atoms with Gasteiger partial charge in [-0.05, 0) is 6.07 Å². The highest BCUT2D eigenvalue weighted by Crippen LogP contribution is 2.39. The van der Waals surface area contributed by atoms with Crippen LogP contribution in [0.5, 0.6) is 23.0 Å². The van der Waals surface area contributed by atoms with Crippen molar-refractivity contribution in [1.29, 1.82) is 0 Å². The fourth-order valence-corrected chi connectivity index (χ4v) is 2.38. The lowest BCUT2D eigenvalue weighted by molar-refractivity contribution is -0.274. The highest BCUT2D eigenvalue weighted by molar-refractivity contribution is 5.90. The second-order valence-electron chi connectivity index (χ2n) is 5.38. The number of amides is 2. The van der Waals surface area contributed by atoms with E-state index in [4.69, 9.17) is 14.2 Å². The molecule has 0 unspecified atom stereocenters. The average Bonchev–Trinajstić information content (AvgIpc) is 2.65. The Bertz CT molecular complexity index is 802. The predicted molar refractivity (Wildman–Crippen MR) is 95.1 cm³/mol. The van der Waals surface area contributed by atoms with Crippen LogP contribution >= 0.6 is 0 Å². The van der Waals surface area contributed by atoms with E-state index in [0.29, 0.717) is 22.9 Å². The van der Waals surface area contributed by atoms with E-state index in [1.165, 1.54) is 57.7 Å². The van der Waals surface area contributed by atoms with Crippen LogP contribution in [0.1, 0.15) is 5.56 Å². The molecule has 0 saturated heterocycles. The first-order valence-corrected chi connectivity index (χ1v) is 7.96. The molecule has 0 aliphatic heterocycles. The van der Waals surface area contributed by atoms with Crippen LogP contribution in [0.15, 0.2) is 36.4 Å². The molecule has 0 bridgehead atoms. The summed E-state index contributed by atoms with van der Waals surface area (Å²) in [5, 5.41) is 5.02. The molecule has 0 radical (unpaired) electrons. The molecule has 0 aliphatic rings. The van der Waals surface area contributed by atoms with Crippen molar-refractivity contribution in [2.45, 2.75) is 12.9 Å². The number of carbonyl (C=O) groups excluding carboxylic acids is 1. The van der Waals surface area contributed by atoms with Gasteiger partial charge < -0.3 is 29.6 Å². The van der Waals surface area contributed by atoms with Gasteiger partial charge in [0.25, 0.3) is 0 Å². The maximum absolute atomic E-state index is 12.5. The summed E-state index contributed by atoms with van der Waals surface area (Å²) in [6.45, 7) is -0.178. The van der Waals surface area contributed by atoms with Crippen molar-refractivity contribution in [3.05, 3.63) is 42.0 Å². The van der Waals surface area contributed by atoms with E-state index < -0.39 is 12.4 Å². The van der Waals surface area contributed by atoms with Crippen LogP contribution in [0.25, 0.3) is 0 Å². The topological polar surface area (TPSA) is 78.1 Å². The summed E-state index contributed by atoms with van der Waals surface area (Å²) in [6.07, 6.45) is -4.82. The summed E-state index contributed by atoms with van der Waals surface area (Å²) in [4.78, 5) is 12.1. The van der Waals surface area contributed by atoms with Gasteiger partial charge in [-0.25, -0.2) is 4.79 Å². The molecule has 10 heteroatoms. The van der Waals surface area contributed by atoms with Crippen LogP contribution in [0, 0.1) is 0 Å². The molecule has 0 fully saturated rings. The van der Waals surface area contributed by atoms with Crippen LogP contribution in [-0.2, 0) is 6.54 Å². The highest BCUT2D eigenvalue weighted by Gasteiger charge is 2.32. The Morgan fingerprint density at radius 2 is 1.57 bits per heavy atom. The first-order chi connectivity index (χ1) is 13.3. The van der Waals surface area contributed by atoms with Crippen LogP contribution in [0.3, 0.4) is 0 Å². The number of methoxy groups -OCH3 is 3. The zero-order valence-corrected chi connectivity index (χ0v) is 15.3. The van der Waals surface area contributed by atoms with E-state index in [0.717, 1.165) is 0 Å². The number of alkyl halides is 3. The lowest BCUT2D eigenvalue weighted by Crippen LogP contribution is -2.28. The summed E-state index contributed by atoms with van der Waals surface area (Å²) in [5.74, 6) is 0.638. The van der Waals surface area contributed by atoms with E-state index >= 15 is 0 Å². The first-order valence-electron chi connectivity index (χ1n) is 7.96. The minimum atomic E-state index is -4.82. The van der Waals surface area contributed by atoms with E-state index in [-0.39, 0.29) is 17.9 Å². The van der Waals surface area contributed by atoms with Gasteiger partial charge in [-0.1, -0.05) is 18.2 Å². The van der Waals surface area contributed by atoms with E-state index in [2.05, 4.69) is 15.4 Å². The smallest absolute Gasteiger partial charge is 0.493 e. The quantitative estimate of drug-likeness (QED) is 0.736. The maximum Gasteiger partial charge on any atom is 0.573 e. The number of halogens is 3. The third kappa shape index (κ3) is 5.60. The molecule has 2 aromatic rings. The van der Waals surface area contributed by atoms with Gasteiger partial charge in [-0.2, -0.15) is 0 Å². The largest absolute Gasteiger partial charge is 0.573 e. The number of rotatable bonds is 7. The summed E-state index contributed by atoms with van der Waals surface area (Å²) < 4.78 is 56.9. The Labute approximate surface area is 159 Å². The van der Waals surface area contributed by atoms with Crippen molar-refractivity contribution in [1.82, 2.24) is 5.32 Å². The van der Waals surface area contributed by atoms with Crippen LogP contribution in [0.2, 0.25) is 0 Å².